The lowest BCUT2D eigenvalue weighted by molar-refractivity contribution is -0.213. The van der Waals surface area contributed by atoms with Crippen molar-refractivity contribution in [1.82, 2.24) is 0 Å². The molecule has 0 aliphatic heterocycles. The van der Waals surface area contributed by atoms with Gasteiger partial charge in [0, 0.05) is 38.8 Å². The molecule has 0 aromatic heterocycles. The van der Waals surface area contributed by atoms with E-state index in [4.69, 9.17) is 18.5 Å². The molecule has 0 radical (unpaired) electrons. The van der Waals surface area contributed by atoms with Gasteiger partial charge >= 0.3 is 19.8 Å². The number of unbranched alkanes of at least 4 members (excludes halogenated alkanes) is 8. The highest BCUT2D eigenvalue weighted by Gasteiger charge is 2.44. The minimum Gasteiger partial charge on any atom is -0.430 e. The average molecular weight is 491 g/mol. The van der Waals surface area contributed by atoms with E-state index in [0.717, 1.165) is 63.5 Å². The lowest BCUT2D eigenvalue weighted by atomic mass is 10.1. The summed E-state index contributed by atoms with van der Waals surface area (Å²) in [5.41, 5.74) is 0. The molecular formula is C24H43O8P. The summed E-state index contributed by atoms with van der Waals surface area (Å²) in [7, 11) is -4.81. The van der Waals surface area contributed by atoms with Crippen LogP contribution in [0.5, 0.6) is 0 Å². The van der Waals surface area contributed by atoms with Gasteiger partial charge in [-0.1, -0.05) is 78.4 Å². The fourth-order valence-electron chi connectivity index (χ4n) is 3.35. The summed E-state index contributed by atoms with van der Waals surface area (Å²) in [5.74, 6) is -5.01. The highest BCUT2D eigenvalue weighted by atomic mass is 31.2. The molecule has 33 heavy (non-hydrogen) atoms. The molecule has 0 aliphatic rings. The van der Waals surface area contributed by atoms with Gasteiger partial charge in [0.25, 0.3) is 0 Å². The Labute approximate surface area is 199 Å². The van der Waals surface area contributed by atoms with Crippen molar-refractivity contribution >= 4 is 19.8 Å². The predicted octanol–water partition coefficient (Wildman–Crippen LogP) is 6.73. The van der Waals surface area contributed by atoms with Crippen molar-refractivity contribution in [3.63, 3.8) is 0 Å². The molecular weight excluding hydrogens is 447 g/mol. The molecule has 2 atom stereocenters. The largest absolute Gasteiger partial charge is 0.478 e. The number of ether oxygens (including phenoxy) is 2. The summed E-state index contributed by atoms with van der Waals surface area (Å²) >= 11 is 0. The molecule has 0 aromatic rings. The first kappa shape index (κ1) is 31.5. The summed E-state index contributed by atoms with van der Waals surface area (Å²) in [6, 6.07) is 0. The SMILES string of the molecule is C=CC(=O)OC(C)(CCCCCCC)OP(=O)(O)OC(C)(CCCCCCC)OC(=O)C=C. The zero-order valence-electron chi connectivity index (χ0n) is 20.8. The molecule has 9 heteroatoms. The van der Waals surface area contributed by atoms with Gasteiger partial charge < -0.3 is 14.4 Å². The second kappa shape index (κ2) is 16.2. The number of carbonyl (C=O) groups is 2. The smallest absolute Gasteiger partial charge is 0.430 e. The maximum absolute atomic E-state index is 12.9. The number of esters is 2. The number of hydrogen-bond donors (Lipinski definition) is 1. The van der Waals surface area contributed by atoms with Crippen LogP contribution in [0.2, 0.25) is 0 Å². The summed E-state index contributed by atoms with van der Waals surface area (Å²) in [6.45, 7) is 13.7. The Morgan fingerprint density at radius 3 is 1.39 bits per heavy atom. The molecule has 192 valence electrons. The Bertz CT molecular complexity index is 613. The molecule has 0 rings (SSSR count). The van der Waals surface area contributed by atoms with Crippen LogP contribution in [0.4, 0.5) is 0 Å². The van der Waals surface area contributed by atoms with E-state index < -0.39 is 31.3 Å². The fourth-order valence-corrected chi connectivity index (χ4v) is 4.62. The van der Waals surface area contributed by atoms with Gasteiger partial charge in [-0.2, -0.15) is 0 Å². The molecule has 2 unspecified atom stereocenters. The molecule has 0 heterocycles. The standard InChI is InChI=1S/C24H43O8P/c1-7-11-13-15-17-19-23(5,29-21(25)9-3)31-33(27,28)32-24(6,30-22(26)10-4)20-18-16-14-12-8-2/h9-10H,3-4,7-8,11-20H2,1-2,5-6H3,(H,27,28). The minimum absolute atomic E-state index is 0.185. The first-order valence-electron chi connectivity index (χ1n) is 11.9. The van der Waals surface area contributed by atoms with Crippen molar-refractivity contribution in [3.8, 4) is 0 Å². The van der Waals surface area contributed by atoms with Crippen LogP contribution >= 0.6 is 7.82 Å². The molecule has 0 fully saturated rings. The van der Waals surface area contributed by atoms with Gasteiger partial charge in [0.1, 0.15) is 0 Å². The van der Waals surface area contributed by atoms with Crippen molar-refractivity contribution in [2.45, 2.75) is 116 Å². The number of hydrogen-bond acceptors (Lipinski definition) is 7. The molecule has 0 aliphatic carbocycles. The number of phosphoric ester groups is 1. The van der Waals surface area contributed by atoms with Gasteiger partial charge in [-0.25, -0.2) is 23.2 Å². The quantitative estimate of drug-likeness (QED) is 0.0658. The molecule has 1 N–H and O–H groups in total. The van der Waals surface area contributed by atoms with E-state index in [1.807, 2.05) is 0 Å². The lowest BCUT2D eigenvalue weighted by Crippen LogP contribution is -2.37. The number of carbonyl (C=O) groups excluding carboxylic acids is 2. The van der Waals surface area contributed by atoms with Crippen molar-refractivity contribution < 1.29 is 37.6 Å². The Morgan fingerprint density at radius 2 is 1.09 bits per heavy atom. The van der Waals surface area contributed by atoms with Crippen molar-refractivity contribution in [2.75, 3.05) is 0 Å². The van der Waals surface area contributed by atoms with Crippen LogP contribution in [0.3, 0.4) is 0 Å². The van der Waals surface area contributed by atoms with Crippen LogP contribution in [0.25, 0.3) is 0 Å². The normalized spacial score (nSPS) is 16.6. The molecule has 0 aromatic carbocycles. The van der Waals surface area contributed by atoms with E-state index in [0.29, 0.717) is 12.8 Å². The zero-order valence-corrected chi connectivity index (χ0v) is 21.7. The first-order chi connectivity index (χ1) is 15.4. The maximum atomic E-state index is 12.9. The van der Waals surface area contributed by atoms with E-state index >= 15 is 0 Å². The molecule has 0 saturated carbocycles. The fraction of sp³-hybridized carbons (Fsp3) is 0.750. The monoisotopic (exact) mass is 490 g/mol. The predicted molar refractivity (Wildman–Crippen MR) is 128 cm³/mol. The van der Waals surface area contributed by atoms with Gasteiger partial charge in [0.05, 0.1) is 0 Å². The molecule has 0 bridgehead atoms. The summed E-state index contributed by atoms with van der Waals surface area (Å²) in [4.78, 5) is 34.2. The van der Waals surface area contributed by atoms with Crippen molar-refractivity contribution in [3.05, 3.63) is 25.3 Å². The second-order valence-corrected chi connectivity index (χ2v) is 9.80. The van der Waals surface area contributed by atoms with Gasteiger partial charge in [-0.15, -0.1) is 0 Å². The summed E-state index contributed by atoms with van der Waals surface area (Å²) in [5, 5.41) is 0. The third-order valence-corrected chi connectivity index (χ3v) is 6.29. The molecule has 8 nitrogen and oxygen atoms in total. The maximum Gasteiger partial charge on any atom is 0.478 e. The topological polar surface area (TPSA) is 108 Å². The van der Waals surface area contributed by atoms with E-state index in [1.165, 1.54) is 13.8 Å². The van der Waals surface area contributed by atoms with Crippen LogP contribution in [-0.2, 0) is 32.7 Å². The molecule has 0 saturated heterocycles. The van der Waals surface area contributed by atoms with Crippen LogP contribution in [0.1, 0.15) is 105 Å². The number of rotatable bonds is 20. The van der Waals surface area contributed by atoms with E-state index in [-0.39, 0.29) is 12.8 Å². The van der Waals surface area contributed by atoms with Gasteiger partial charge in [-0.05, 0) is 12.8 Å². The Balaban J connectivity index is 5.38. The van der Waals surface area contributed by atoms with Gasteiger partial charge in [0.15, 0.2) is 0 Å². The van der Waals surface area contributed by atoms with Crippen LogP contribution in [0.15, 0.2) is 25.3 Å². The van der Waals surface area contributed by atoms with Crippen LogP contribution < -0.4 is 0 Å². The van der Waals surface area contributed by atoms with Gasteiger partial charge in [-0.3, -0.25) is 0 Å². The Morgan fingerprint density at radius 1 is 0.758 bits per heavy atom. The average Bonchev–Trinajstić information content (AvgIpc) is 2.72. The highest BCUT2D eigenvalue weighted by molar-refractivity contribution is 7.47. The van der Waals surface area contributed by atoms with Crippen molar-refractivity contribution in [2.24, 2.45) is 0 Å². The van der Waals surface area contributed by atoms with Crippen molar-refractivity contribution in [1.29, 1.82) is 0 Å². The van der Waals surface area contributed by atoms with Crippen LogP contribution in [-0.4, -0.2) is 28.4 Å². The lowest BCUT2D eigenvalue weighted by Gasteiger charge is -2.34. The first-order valence-corrected chi connectivity index (χ1v) is 13.4. The Kier molecular flexibility index (Phi) is 15.5. The van der Waals surface area contributed by atoms with Crippen LogP contribution in [0, 0.1) is 0 Å². The second-order valence-electron chi connectivity index (χ2n) is 8.50. The number of phosphoric acid groups is 1. The zero-order chi connectivity index (χ0) is 25.4. The van der Waals surface area contributed by atoms with E-state index in [1.54, 1.807) is 0 Å². The third-order valence-electron chi connectivity index (χ3n) is 5.05. The summed E-state index contributed by atoms with van der Waals surface area (Å²) < 4.78 is 34.1. The van der Waals surface area contributed by atoms with E-state index in [9.17, 15) is 19.0 Å². The van der Waals surface area contributed by atoms with E-state index in [2.05, 4.69) is 27.0 Å². The summed E-state index contributed by atoms with van der Waals surface area (Å²) in [6.07, 6.45) is 11.4. The minimum atomic E-state index is -4.81. The third kappa shape index (κ3) is 15.1. The molecule has 0 amide bonds. The highest BCUT2D eigenvalue weighted by Crippen LogP contribution is 2.53. The Hall–Kier alpha value is -1.47. The molecule has 0 spiro atoms. The van der Waals surface area contributed by atoms with Gasteiger partial charge in [0.2, 0.25) is 11.6 Å².